The second-order valence-electron chi connectivity index (χ2n) is 7.15. The van der Waals surface area contributed by atoms with Crippen LogP contribution in [0.4, 0.5) is 0 Å². The molecule has 25 heavy (non-hydrogen) atoms. The number of fused-ring (bicyclic) bond motifs is 1. The number of para-hydroxylation sites is 2. The number of nitrogens with one attached hydrogen (secondary N) is 1. The lowest BCUT2D eigenvalue weighted by Gasteiger charge is -2.15. The zero-order valence-corrected chi connectivity index (χ0v) is 14.6. The minimum Gasteiger partial charge on any atom is -0.356 e. The lowest BCUT2D eigenvalue weighted by Crippen LogP contribution is -2.34. The van der Waals surface area contributed by atoms with E-state index in [2.05, 4.69) is 20.9 Å². The lowest BCUT2D eigenvalue weighted by atomic mass is 10.1. The molecule has 1 aliphatic heterocycles. The van der Waals surface area contributed by atoms with Crippen LogP contribution in [0.15, 0.2) is 24.3 Å². The second kappa shape index (κ2) is 6.50. The highest BCUT2D eigenvalue weighted by Crippen LogP contribution is 2.32. The first-order valence-corrected chi connectivity index (χ1v) is 9.11. The number of carbonyl (C=O) groups excluding carboxylic acids is 2. The Bertz CT molecular complexity index is 809. The smallest absolute Gasteiger partial charge is 0.225 e. The van der Waals surface area contributed by atoms with Gasteiger partial charge in [0, 0.05) is 39.0 Å². The van der Waals surface area contributed by atoms with Gasteiger partial charge in [0.2, 0.25) is 11.8 Å². The number of likely N-dealkylation sites (tertiary alicyclic amines) is 1. The standard InChI is InChI=1S/C19H24N4O2/c1-22-16-6-3-2-5-15(16)21-17(22)7-4-10-20-19(25)13-11-18(24)23(12-13)14-8-9-14/h2-3,5-6,13-14H,4,7-12H2,1H3,(H,20,25)/t13-/m0/s1. The van der Waals surface area contributed by atoms with Gasteiger partial charge in [-0.1, -0.05) is 12.1 Å². The minimum absolute atomic E-state index is 0.0153. The third-order valence-corrected chi connectivity index (χ3v) is 5.27. The lowest BCUT2D eigenvalue weighted by molar-refractivity contribution is -0.129. The molecular formula is C19H24N4O2. The summed E-state index contributed by atoms with van der Waals surface area (Å²) in [7, 11) is 2.03. The number of amides is 2. The maximum atomic E-state index is 12.3. The third-order valence-electron chi connectivity index (χ3n) is 5.27. The summed E-state index contributed by atoms with van der Waals surface area (Å²) in [4.78, 5) is 30.8. The van der Waals surface area contributed by atoms with Crippen LogP contribution in [-0.2, 0) is 23.1 Å². The van der Waals surface area contributed by atoms with E-state index in [1.54, 1.807) is 0 Å². The number of aryl methyl sites for hydroxylation is 2. The van der Waals surface area contributed by atoms with E-state index in [9.17, 15) is 9.59 Å². The maximum Gasteiger partial charge on any atom is 0.225 e. The highest BCUT2D eigenvalue weighted by atomic mass is 16.2. The van der Waals surface area contributed by atoms with Gasteiger partial charge in [-0.2, -0.15) is 0 Å². The van der Waals surface area contributed by atoms with E-state index >= 15 is 0 Å². The normalized spacial score (nSPS) is 20.4. The summed E-state index contributed by atoms with van der Waals surface area (Å²) in [5.74, 6) is 1.01. The zero-order valence-electron chi connectivity index (χ0n) is 14.6. The Morgan fingerprint density at radius 1 is 1.32 bits per heavy atom. The van der Waals surface area contributed by atoms with Gasteiger partial charge < -0.3 is 14.8 Å². The molecule has 0 unspecified atom stereocenters. The van der Waals surface area contributed by atoms with Crippen LogP contribution in [0.1, 0.15) is 31.5 Å². The number of imidazole rings is 1. The summed E-state index contributed by atoms with van der Waals surface area (Å²) in [6.45, 7) is 1.22. The summed E-state index contributed by atoms with van der Waals surface area (Å²) in [6, 6.07) is 8.50. The highest BCUT2D eigenvalue weighted by molar-refractivity contribution is 5.89. The van der Waals surface area contributed by atoms with Crippen LogP contribution in [0.25, 0.3) is 11.0 Å². The van der Waals surface area contributed by atoms with Gasteiger partial charge in [0.25, 0.3) is 0 Å². The van der Waals surface area contributed by atoms with Gasteiger partial charge >= 0.3 is 0 Å². The summed E-state index contributed by atoms with van der Waals surface area (Å²) >= 11 is 0. The van der Waals surface area contributed by atoms with Crippen molar-refractivity contribution < 1.29 is 9.59 Å². The molecule has 1 saturated carbocycles. The first-order valence-electron chi connectivity index (χ1n) is 9.11. The summed E-state index contributed by atoms with van der Waals surface area (Å²) in [5, 5.41) is 2.99. The number of carbonyl (C=O) groups is 2. The largest absolute Gasteiger partial charge is 0.356 e. The Balaban J connectivity index is 1.25. The molecule has 1 saturated heterocycles. The molecule has 2 amide bonds. The molecule has 1 aromatic heterocycles. The van der Waals surface area contributed by atoms with Crippen molar-refractivity contribution in [3.05, 3.63) is 30.1 Å². The molecule has 1 N–H and O–H groups in total. The fraction of sp³-hybridized carbons (Fsp3) is 0.526. The Kier molecular flexibility index (Phi) is 4.19. The van der Waals surface area contributed by atoms with Crippen molar-refractivity contribution in [3.63, 3.8) is 0 Å². The van der Waals surface area contributed by atoms with Crippen molar-refractivity contribution in [2.24, 2.45) is 13.0 Å². The number of hydrogen-bond donors (Lipinski definition) is 1. The van der Waals surface area contributed by atoms with E-state index in [4.69, 9.17) is 0 Å². The van der Waals surface area contributed by atoms with Crippen molar-refractivity contribution in [1.29, 1.82) is 0 Å². The Morgan fingerprint density at radius 3 is 2.88 bits per heavy atom. The second-order valence-corrected chi connectivity index (χ2v) is 7.15. The predicted molar refractivity (Wildman–Crippen MR) is 94.9 cm³/mol. The van der Waals surface area contributed by atoms with Crippen LogP contribution >= 0.6 is 0 Å². The number of benzene rings is 1. The molecule has 1 atom stereocenters. The summed E-state index contributed by atoms with van der Waals surface area (Å²) < 4.78 is 2.11. The average molecular weight is 340 g/mol. The maximum absolute atomic E-state index is 12.3. The van der Waals surface area contributed by atoms with E-state index in [1.165, 1.54) is 0 Å². The van der Waals surface area contributed by atoms with Crippen LogP contribution < -0.4 is 5.32 Å². The molecule has 6 nitrogen and oxygen atoms in total. The number of aromatic nitrogens is 2. The summed E-state index contributed by atoms with van der Waals surface area (Å²) in [6.07, 6.45) is 4.22. The molecule has 1 aliphatic carbocycles. The molecule has 132 valence electrons. The van der Waals surface area contributed by atoms with E-state index in [1.807, 2.05) is 30.1 Å². The molecule has 0 radical (unpaired) electrons. The van der Waals surface area contributed by atoms with Gasteiger partial charge in [-0.3, -0.25) is 9.59 Å². The highest BCUT2D eigenvalue weighted by Gasteiger charge is 2.41. The van der Waals surface area contributed by atoms with E-state index in [0.29, 0.717) is 25.6 Å². The van der Waals surface area contributed by atoms with Crippen LogP contribution in [0.3, 0.4) is 0 Å². The van der Waals surface area contributed by atoms with Gasteiger partial charge in [0.1, 0.15) is 5.82 Å². The number of rotatable bonds is 6. The first-order chi connectivity index (χ1) is 12.1. The molecule has 2 heterocycles. The molecule has 2 fully saturated rings. The molecule has 2 aromatic rings. The average Bonchev–Trinajstić information content (AvgIpc) is 3.31. The molecule has 0 spiro atoms. The van der Waals surface area contributed by atoms with Gasteiger partial charge in [-0.05, 0) is 31.4 Å². The van der Waals surface area contributed by atoms with Gasteiger partial charge in [-0.15, -0.1) is 0 Å². The topological polar surface area (TPSA) is 67.2 Å². The predicted octanol–water partition coefficient (Wildman–Crippen LogP) is 1.63. The summed E-state index contributed by atoms with van der Waals surface area (Å²) in [5.41, 5.74) is 2.14. The fourth-order valence-corrected chi connectivity index (χ4v) is 3.67. The molecule has 2 aliphatic rings. The zero-order chi connectivity index (χ0) is 17.4. The molecule has 0 bridgehead atoms. The Hall–Kier alpha value is -2.37. The minimum atomic E-state index is -0.177. The van der Waals surface area contributed by atoms with Crippen LogP contribution in [0.5, 0.6) is 0 Å². The van der Waals surface area contributed by atoms with E-state index in [0.717, 1.165) is 42.5 Å². The van der Waals surface area contributed by atoms with Gasteiger partial charge in [0.15, 0.2) is 0 Å². The van der Waals surface area contributed by atoms with Crippen LogP contribution in [-0.4, -0.2) is 45.4 Å². The van der Waals surface area contributed by atoms with Gasteiger partial charge in [-0.25, -0.2) is 4.98 Å². The number of hydrogen-bond acceptors (Lipinski definition) is 3. The van der Waals surface area contributed by atoms with Crippen molar-refractivity contribution in [2.45, 2.75) is 38.1 Å². The monoisotopic (exact) mass is 340 g/mol. The molecule has 4 rings (SSSR count). The Labute approximate surface area is 147 Å². The quantitative estimate of drug-likeness (QED) is 0.813. The molecule has 1 aromatic carbocycles. The third kappa shape index (κ3) is 3.25. The molecule has 6 heteroatoms. The van der Waals surface area contributed by atoms with Crippen LogP contribution in [0, 0.1) is 5.92 Å². The van der Waals surface area contributed by atoms with Gasteiger partial charge in [0.05, 0.1) is 17.0 Å². The first kappa shape index (κ1) is 16.1. The van der Waals surface area contributed by atoms with Crippen LogP contribution in [0.2, 0.25) is 0 Å². The SMILES string of the molecule is Cn1c(CCCNC(=O)[C@H]2CC(=O)N(C3CC3)C2)nc2ccccc21. The molecular weight excluding hydrogens is 316 g/mol. The number of nitrogens with zero attached hydrogens (tertiary/aromatic N) is 3. The van der Waals surface area contributed by atoms with Crippen molar-refractivity contribution >= 4 is 22.8 Å². The van der Waals surface area contributed by atoms with Crippen molar-refractivity contribution in [1.82, 2.24) is 19.8 Å². The van der Waals surface area contributed by atoms with Crippen molar-refractivity contribution in [3.8, 4) is 0 Å². The Morgan fingerprint density at radius 2 is 2.12 bits per heavy atom. The van der Waals surface area contributed by atoms with Crippen molar-refractivity contribution in [2.75, 3.05) is 13.1 Å². The van der Waals surface area contributed by atoms with E-state index < -0.39 is 0 Å². The fourth-order valence-electron chi connectivity index (χ4n) is 3.67. The van der Waals surface area contributed by atoms with E-state index in [-0.39, 0.29) is 17.7 Å².